The van der Waals surface area contributed by atoms with Crippen LogP contribution in [0.25, 0.3) is 0 Å². The molecule has 0 unspecified atom stereocenters. The van der Waals surface area contributed by atoms with E-state index in [0.717, 1.165) is 0 Å². The lowest BCUT2D eigenvalue weighted by Crippen LogP contribution is -2.08. The van der Waals surface area contributed by atoms with Crippen LogP contribution in [0.1, 0.15) is 81.4 Å². The van der Waals surface area contributed by atoms with Crippen LogP contribution in [-0.2, 0) is 19.3 Å². The second-order valence-electron chi connectivity index (χ2n) is 6.18. The minimum Gasteiger partial charge on any atom is -0.0654 e. The van der Waals surface area contributed by atoms with Crippen LogP contribution in [0, 0.1) is 0 Å². The molecular formula is C19H30. The Hall–Kier alpha value is -0.780. The van der Waals surface area contributed by atoms with Crippen molar-refractivity contribution in [3.8, 4) is 0 Å². The topological polar surface area (TPSA) is 0 Å². The number of rotatable bonds is 10. The van der Waals surface area contributed by atoms with Gasteiger partial charge in [0.25, 0.3) is 0 Å². The van der Waals surface area contributed by atoms with Gasteiger partial charge in [0.05, 0.1) is 0 Å². The second kappa shape index (κ2) is 8.40. The summed E-state index contributed by atoms with van der Waals surface area (Å²) < 4.78 is 0. The summed E-state index contributed by atoms with van der Waals surface area (Å²) in [4.78, 5) is 0. The second-order valence-corrected chi connectivity index (χ2v) is 6.18. The number of unbranched alkanes of at least 4 members (excludes halogenated alkanes) is 8. The van der Waals surface area contributed by atoms with Crippen LogP contribution in [-0.4, -0.2) is 0 Å². The lowest BCUT2D eigenvalue weighted by molar-refractivity contribution is 0.564. The van der Waals surface area contributed by atoms with Gasteiger partial charge in [0.1, 0.15) is 0 Å². The molecule has 1 aromatic rings. The monoisotopic (exact) mass is 258 g/mol. The van der Waals surface area contributed by atoms with E-state index in [0.29, 0.717) is 0 Å². The molecule has 0 amide bonds. The Balaban J connectivity index is 1.46. The molecule has 0 heterocycles. The lowest BCUT2D eigenvalue weighted by Gasteiger charge is -2.19. The molecule has 0 atom stereocenters. The van der Waals surface area contributed by atoms with Gasteiger partial charge in [-0.2, -0.15) is 0 Å². The summed E-state index contributed by atoms with van der Waals surface area (Å²) in [6.07, 6.45) is 16.8. The Labute approximate surface area is 119 Å². The zero-order valence-corrected chi connectivity index (χ0v) is 12.7. The van der Waals surface area contributed by atoms with Gasteiger partial charge in [-0.3, -0.25) is 0 Å². The molecule has 0 bridgehead atoms. The van der Waals surface area contributed by atoms with Crippen molar-refractivity contribution in [2.24, 2.45) is 0 Å². The molecule has 0 aromatic heterocycles. The number of benzene rings is 1. The fourth-order valence-electron chi connectivity index (χ4n) is 3.04. The van der Waals surface area contributed by atoms with E-state index in [2.05, 4.69) is 25.1 Å². The highest BCUT2D eigenvalue weighted by atomic mass is 14.2. The number of hydrogen-bond acceptors (Lipinski definition) is 0. The summed E-state index contributed by atoms with van der Waals surface area (Å²) in [6.45, 7) is 2.29. The molecule has 0 radical (unpaired) electrons. The normalized spacial score (nSPS) is 13.1. The summed E-state index contributed by atoms with van der Waals surface area (Å²) in [5, 5.41) is 0. The Morgan fingerprint density at radius 1 is 0.737 bits per heavy atom. The van der Waals surface area contributed by atoms with E-state index in [1.54, 1.807) is 16.7 Å². The van der Waals surface area contributed by atoms with Crippen molar-refractivity contribution in [3.05, 3.63) is 34.9 Å². The molecule has 19 heavy (non-hydrogen) atoms. The average Bonchev–Trinajstić information content (AvgIpc) is 2.39. The van der Waals surface area contributed by atoms with Crippen molar-refractivity contribution < 1.29 is 0 Å². The van der Waals surface area contributed by atoms with Gasteiger partial charge in [0, 0.05) is 0 Å². The van der Waals surface area contributed by atoms with Crippen LogP contribution in [0.15, 0.2) is 18.2 Å². The molecule has 1 aliphatic carbocycles. The zero-order valence-electron chi connectivity index (χ0n) is 12.7. The molecule has 0 aliphatic heterocycles. The van der Waals surface area contributed by atoms with Crippen LogP contribution in [0.2, 0.25) is 0 Å². The zero-order chi connectivity index (χ0) is 13.3. The molecule has 0 saturated carbocycles. The Morgan fingerprint density at radius 2 is 1.37 bits per heavy atom. The predicted molar refractivity (Wildman–Crippen MR) is 84.8 cm³/mol. The van der Waals surface area contributed by atoms with Crippen molar-refractivity contribution in [2.75, 3.05) is 0 Å². The highest BCUT2D eigenvalue weighted by Crippen LogP contribution is 2.24. The third-order valence-corrected chi connectivity index (χ3v) is 4.50. The maximum Gasteiger partial charge on any atom is -0.0235 e. The average molecular weight is 258 g/mol. The van der Waals surface area contributed by atoms with E-state index in [1.165, 1.54) is 77.0 Å². The summed E-state index contributed by atoms with van der Waals surface area (Å²) in [7, 11) is 0. The largest absolute Gasteiger partial charge is 0.0654 e. The van der Waals surface area contributed by atoms with E-state index in [1.807, 2.05) is 0 Å². The van der Waals surface area contributed by atoms with E-state index < -0.39 is 0 Å². The first kappa shape index (κ1) is 14.6. The van der Waals surface area contributed by atoms with Crippen molar-refractivity contribution in [3.63, 3.8) is 0 Å². The quantitative estimate of drug-likeness (QED) is 0.461. The lowest BCUT2D eigenvalue weighted by atomic mass is 9.86. The molecule has 0 heteroatoms. The van der Waals surface area contributed by atoms with Crippen LogP contribution < -0.4 is 0 Å². The Kier molecular flexibility index (Phi) is 6.47. The molecule has 1 aromatic carbocycles. The first-order chi connectivity index (χ1) is 9.40. The summed E-state index contributed by atoms with van der Waals surface area (Å²) >= 11 is 0. The molecule has 2 rings (SSSR count). The maximum absolute atomic E-state index is 2.45. The third kappa shape index (κ3) is 5.01. The van der Waals surface area contributed by atoms with Crippen LogP contribution in [0.4, 0.5) is 0 Å². The van der Waals surface area contributed by atoms with E-state index in [-0.39, 0.29) is 0 Å². The standard InChI is InChI=1S/C19H30/c1-2-3-4-5-6-7-8-9-10-11-17-12-13-18-14-15-19(18)16-17/h12-13,16H,2-11,14-15H2,1H3. The molecular weight excluding hydrogens is 228 g/mol. The Morgan fingerprint density at radius 3 is 1.95 bits per heavy atom. The predicted octanol–water partition coefficient (Wildman–Crippen LogP) is 5.86. The van der Waals surface area contributed by atoms with Crippen LogP contribution >= 0.6 is 0 Å². The minimum absolute atomic E-state index is 1.29. The van der Waals surface area contributed by atoms with Gasteiger partial charge in [-0.25, -0.2) is 0 Å². The fourth-order valence-corrected chi connectivity index (χ4v) is 3.04. The third-order valence-electron chi connectivity index (χ3n) is 4.50. The van der Waals surface area contributed by atoms with Crippen molar-refractivity contribution in [1.82, 2.24) is 0 Å². The minimum atomic E-state index is 1.29. The molecule has 0 saturated heterocycles. The fraction of sp³-hybridized carbons (Fsp3) is 0.684. The first-order valence-electron chi connectivity index (χ1n) is 8.51. The van der Waals surface area contributed by atoms with Crippen LogP contribution in [0.3, 0.4) is 0 Å². The van der Waals surface area contributed by atoms with Crippen LogP contribution in [0.5, 0.6) is 0 Å². The number of fused-ring (bicyclic) bond motifs is 1. The first-order valence-corrected chi connectivity index (χ1v) is 8.51. The van der Waals surface area contributed by atoms with Crippen molar-refractivity contribution >= 4 is 0 Å². The van der Waals surface area contributed by atoms with Gasteiger partial charge < -0.3 is 0 Å². The van der Waals surface area contributed by atoms with Gasteiger partial charge >= 0.3 is 0 Å². The van der Waals surface area contributed by atoms with Gasteiger partial charge in [-0.1, -0.05) is 76.5 Å². The number of hydrogen-bond donors (Lipinski definition) is 0. The molecule has 1 aliphatic rings. The Bertz CT molecular complexity index is 364. The molecule has 0 nitrogen and oxygen atoms in total. The van der Waals surface area contributed by atoms with Gasteiger partial charge in [0.15, 0.2) is 0 Å². The maximum atomic E-state index is 2.45. The van der Waals surface area contributed by atoms with Gasteiger partial charge in [-0.15, -0.1) is 0 Å². The highest BCUT2D eigenvalue weighted by Gasteiger charge is 2.12. The van der Waals surface area contributed by atoms with Crippen molar-refractivity contribution in [1.29, 1.82) is 0 Å². The molecule has 0 N–H and O–H groups in total. The van der Waals surface area contributed by atoms with Gasteiger partial charge in [0.2, 0.25) is 0 Å². The van der Waals surface area contributed by atoms with E-state index in [4.69, 9.17) is 0 Å². The van der Waals surface area contributed by atoms with E-state index in [9.17, 15) is 0 Å². The SMILES string of the molecule is CCCCCCCCCCCc1ccc2c(c1)CC2. The van der Waals surface area contributed by atoms with E-state index >= 15 is 0 Å². The molecule has 0 fully saturated rings. The van der Waals surface area contributed by atoms with Crippen molar-refractivity contribution in [2.45, 2.75) is 84.0 Å². The summed E-state index contributed by atoms with van der Waals surface area (Å²) in [5.74, 6) is 0. The molecule has 0 spiro atoms. The summed E-state index contributed by atoms with van der Waals surface area (Å²) in [5.41, 5.74) is 4.78. The number of aryl methyl sites for hydroxylation is 3. The smallest absolute Gasteiger partial charge is 0.0235 e. The highest BCUT2D eigenvalue weighted by molar-refractivity contribution is 5.38. The molecule has 106 valence electrons. The van der Waals surface area contributed by atoms with Gasteiger partial charge in [-0.05, 0) is 42.4 Å². The summed E-state index contributed by atoms with van der Waals surface area (Å²) in [6, 6.07) is 7.15.